The van der Waals surface area contributed by atoms with Gasteiger partial charge in [-0.3, -0.25) is 0 Å². The molecule has 2 N–H and O–H groups in total. The first-order valence-corrected chi connectivity index (χ1v) is 6.77. The Morgan fingerprint density at radius 2 is 1.47 bits per heavy atom. The van der Waals surface area contributed by atoms with Gasteiger partial charge < -0.3 is 23.5 Å². The van der Waals surface area contributed by atoms with Crippen molar-refractivity contribution in [1.82, 2.24) is 0 Å². The molecule has 1 unspecified atom stereocenters. The molecule has 5 nitrogen and oxygen atoms in total. The third-order valence-corrected chi connectivity index (χ3v) is 5.21. The summed E-state index contributed by atoms with van der Waals surface area (Å²) in [4.78, 5) is 0. The van der Waals surface area contributed by atoms with E-state index in [4.69, 9.17) is 18.0 Å². The minimum Gasteiger partial charge on any atom is -0.412 e. The molecule has 1 atom stereocenters. The second-order valence-corrected chi connectivity index (χ2v) is 6.06. The molecule has 0 bridgehead atoms. The van der Waals surface area contributed by atoms with Crippen molar-refractivity contribution in [3.05, 3.63) is 0 Å². The lowest BCUT2D eigenvalue weighted by atomic mass is 10.5. The van der Waals surface area contributed by atoms with Gasteiger partial charge >= 0.3 is 8.80 Å². The molecular formula is C9H24O5Si. The zero-order chi connectivity index (χ0) is 11.0. The molecule has 0 saturated heterocycles. The molecule has 0 amide bonds. The van der Waals surface area contributed by atoms with Gasteiger partial charge in [0.2, 0.25) is 0 Å². The van der Waals surface area contributed by atoms with E-state index >= 15 is 0 Å². The number of rotatable bonds is 8. The van der Waals surface area contributed by atoms with Gasteiger partial charge in [0.25, 0.3) is 0 Å². The Bertz CT molecular complexity index is 132. The first-order chi connectivity index (χ1) is 6.70. The minimum atomic E-state index is -2.61. The number of hydrogen-bond donors (Lipinski definition) is 0. The van der Waals surface area contributed by atoms with Crippen molar-refractivity contribution in [3.63, 3.8) is 0 Å². The van der Waals surface area contributed by atoms with Crippen LogP contribution in [0.3, 0.4) is 0 Å². The van der Waals surface area contributed by atoms with Gasteiger partial charge in [-0.05, 0) is 12.8 Å². The van der Waals surface area contributed by atoms with Crippen LogP contribution in [0, 0.1) is 0 Å². The fourth-order valence-electron chi connectivity index (χ4n) is 1.37. The van der Waals surface area contributed by atoms with Gasteiger partial charge in [-0.2, -0.15) is 0 Å². The Balaban J connectivity index is 0. The Labute approximate surface area is 93.3 Å². The van der Waals surface area contributed by atoms with E-state index in [2.05, 4.69) is 6.92 Å². The summed E-state index contributed by atoms with van der Waals surface area (Å²) in [6.45, 7) is 4.82. The van der Waals surface area contributed by atoms with Crippen molar-refractivity contribution in [2.24, 2.45) is 0 Å². The fraction of sp³-hybridized carbons (Fsp3) is 1.00. The molecule has 0 fully saturated rings. The maximum absolute atomic E-state index is 5.67. The van der Waals surface area contributed by atoms with Crippen LogP contribution in [0.5, 0.6) is 0 Å². The van der Waals surface area contributed by atoms with Crippen molar-refractivity contribution in [2.45, 2.75) is 32.4 Å². The number of ether oxygens (including phenoxy) is 1. The first-order valence-electron chi connectivity index (χ1n) is 4.97. The lowest BCUT2D eigenvalue weighted by Gasteiger charge is -2.31. The monoisotopic (exact) mass is 240 g/mol. The maximum Gasteiger partial charge on any atom is 0.530 e. The highest BCUT2D eigenvalue weighted by Crippen LogP contribution is 2.18. The maximum atomic E-state index is 5.67. The summed E-state index contributed by atoms with van der Waals surface area (Å²) in [7, 11) is 2.22. The summed E-state index contributed by atoms with van der Waals surface area (Å²) in [5, 5.41) is 0. The van der Waals surface area contributed by atoms with Crippen molar-refractivity contribution < 1.29 is 23.5 Å². The van der Waals surface area contributed by atoms with Gasteiger partial charge in [0.05, 0.1) is 0 Å². The third-order valence-electron chi connectivity index (χ3n) is 2.14. The highest BCUT2D eigenvalue weighted by Gasteiger charge is 2.47. The zero-order valence-electron chi connectivity index (χ0n) is 10.3. The molecule has 0 aliphatic heterocycles. The van der Waals surface area contributed by atoms with Gasteiger partial charge in [-0.15, -0.1) is 0 Å². The van der Waals surface area contributed by atoms with Gasteiger partial charge in [-0.1, -0.05) is 13.8 Å². The van der Waals surface area contributed by atoms with Crippen LogP contribution >= 0.6 is 0 Å². The molecule has 0 radical (unpaired) electrons. The van der Waals surface area contributed by atoms with Crippen LogP contribution in [0.25, 0.3) is 0 Å². The Morgan fingerprint density at radius 3 is 1.73 bits per heavy atom. The molecular weight excluding hydrogens is 216 g/mol. The van der Waals surface area contributed by atoms with E-state index in [-0.39, 0.29) is 11.2 Å². The predicted octanol–water partition coefficient (Wildman–Crippen LogP) is 0.784. The van der Waals surface area contributed by atoms with Crippen LogP contribution in [0.4, 0.5) is 0 Å². The summed E-state index contributed by atoms with van der Waals surface area (Å²) in [6, 6.07) is 0. The van der Waals surface area contributed by atoms with Crippen LogP contribution in [-0.4, -0.2) is 47.9 Å². The van der Waals surface area contributed by atoms with Crippen LogP contribution in [0.2, 0.25) is 0 Å². The molecule has 0 aliphatic carbocycles. The lowest BCUT2D eigenvalue weighted by molar-refractivity contribution is 0.0118. The molecule has 0 aliphatic rings. The summed E-state index contributed by atoms with van der Waals surface area (Å²) >= 11 is 0. The average Bonchev–Trinajstić information content (AvgIpc) is 2.25. The van der Waals surface area contributed by atoms with E-state index < -0.39 is 8.80 Å². The molecule has 0 saturated carbocycles. The summed E-state index contributed by atoms with van der Waals surface area (Å²) in [6.07, 6.45) is 1.82. The molecule has 0 spiro atoms. The molecule has 15 heavy (non-hydrogen) atoms. The number of hydrogen-bond acceptors (Lipinski definition) is 4. The highest BCUT2D eigenvalue weighted by atomic mass is 28.4. The smallest absolute Gasteiger partial charge is 0.412 e. The van der Waals surface area contributed by atoms with E-state index in [1.54, 1.807) is 21.3 Å². The predicted molar refractivity (Wildman–Crippen MR) is 60.7 cm³/mol. The summed E-state index contributed by atoms with van der Waals surface area (Å²) in [5.74, 6) is 0. The van der Waals surface area contributed by atoms with E-state index in [0.717, 1.165) is 12.8 Å². The van der Waals surface area contributed by atoms with E-state index in [9.17, 15) is 0 Å². The minimum absolute atomic E-state index is 0. The van der Waals surface area contributed by atoms with E-state index in [0.29, 0.717) is 6.61 Å². The summed E-state index contributed by atoms with van der Waals surface area (Å²) in [5.41, 5.74) is -0.0672. The van der Waals surface area contributed by atoms with Crippen molar-refractivity contribution in [2.75, 3.05) is 27.9 Å². The quantitative estimate of drug-likeness (QED) is 0.588. The van der Waals surface area contributed by atoms with Crippen LogP contribution in [0.1, 0.15) is 26.7 Å². The Kier molecular flexibility index (Phi) is 10.7. The largest absolute Gasteiger partial charge is 0.530 e. The van der Waals surface area contributed by atoms with Crippen molar-refractivity contribution in [1.29, 1.82) is 0 Å². The molecule has 0 aromatic heterocycles. The molecule has 0 heterocycles. The summed E-state index contributed by atoms with van der Waals surface area (Å²) < 4.78 is 21.7. The molecule has 6 heteroatoms. The van der Waals surface area contributed by atoms with Crippen molar-refractivity contribution in [3.8, 4) is 0 Å². The normalized spacial score (nSPS) is 13.4. The SMILES string of the molecule is CCCOC(CC)[Si](OC)(OC)OC.O. The third kappa shape index (κ3) is 4.58. The molecule has 0 aromatic carbocycles. The lowest BCUT2D eigenvalue weighted by Crippen LogP contribution is -2.55. The standard InChI is InChI=1S/C9H22O4Si.H2O/c1-6-8-13-9(7-2)14(10-3,11-4)12-5;/h9H,6-8H2,1-5H3;1H2. The zero-order valence-corrected chi connectivity index (χ0v) is 11.3. The van der Waals surface area contributed by atoms with E-state index in [1.165, 1.54) is 0 Å². The van der Waals surface area contributed by atoms with Gasteiger partial charge in [0, 0.05) is 27.9 Å². The van der Waals surface area contributed by atoms with Crippen molar-refractivity contribution >= 4 is 8.80 Å². The fourth-order valence-corrected chi connectivity index (χ4v) is 3.49. The van der Waals surface area contributed by atoms with Gasteiger partial charge in [-0.25, -0.2) is 0 Å². The Hall–Kier alpha value is 0.0169. The first kappa shape index (κ1) is 17.4. The van der Waals surface area contributed by atoms with Gasteiger partial charge in [0.1, 0.15) is 5.73 Å². The van der Waals surface area contributed by atoms with E-state index in [1.807, 2.05) is 6.92 Å². The molecule has 0 aromatic rings. The molecule has 94 valence electrons. The second-order valence-electron chi connectivity index (χ2n) is 2.98. The van der Waals surface area contributed by atoms with Gasteiger partial charge in [0.15, 0.2) is 0 Å². The average molecular weight is 240 g/mol. The Morgan fingerprint density at radius 1 is 1.00 bits per heavy atom. The van der Waals surface area contributed by atoms with Crippen LogP contribution < -0.4 is 0 Å². The molecule has 0 rings (SSSR count). The van der Waals surface area contributed by atoms with Crippen LogP contribution in [0.15, 0.2) is 0 Å². The van der Waals surface area contributed by atoms with Crippen LogP contribution in [-0.2, 0) is 18.0 Å². The second kappa shape index (κ2) is 9.26. The highest BCUT2D eigenvalue weighted by molar-refractivity contribution is 6.62. The topological polar surface area (TPSA) is 68.4 Å².